The van der Waals surface area contributed by atoms with Crippen LogP contribution in [-0.4, -0.2) is 26.4 Å². The minimum Gasteiger partial charge on any atom is -0.439 e. The van der Waals surface area contributed by atoms with Crippen molar-refractivity contribution in [1.82, 2.24) is 14.9 Å². The number of rotatable bonds is 5. The predicted molar refractivity (Wildman–Crippen MR) is 136 cm³/mol. The van der Waals surface area contributed by atoms with Crippen molar-refractivity contribution < 1.29 is 18.7 Å². The van der Waals surface area contributed by atoms with Crippen LogP contribution < -0.4 is 0 Å². The van der Waals surface area contributed by atoms with Crippen LogP contribution in [-0.2, 0) is 24.5 Å². The Hall–Kier alpha value is -4.74. The van der Waals surface area contributed by atoms with E-state index in [-0.39, 0.29) is 6.61 Å². The maximum atomic E-state index is 11.1. The number of aliphatic hydroxyl groups is 1. The standard InChI is InChI=1S/C29H22N4O4/c1-16-20(5-3-7-22(16)28-32-25-12-33(15-35)13-26(25)36-28)21-6-4-8-23(17(21)2)29-31-24-10-18(14-34)9-19(11-30)27(24)37-29/h3-10,15,34H,12-14H2,1-2H3. The number of nitrogens with zero attached hydrogens (tertiary/aromatic N) is 4. The van der Waals surface area contributed by atoms with Gasteiger partial charge in [0.15, 0.2) is 5.58 Å². The molecule has 182 valence electrons. The van der Waals surface area contributed by atoms with Gasteiger partial charge in [-0.15, -0.1) is 0 Å². The molecule has 0 aliphatic carbocycles. The van der Waals surface area contributed by atoms with Gasteiger partial charge in [-0.05, 0) is 65.9 Å². The zero-order chi connectivity index (χ0) is 25.7. The molecule has 0 saturated carbocycles. The third kappa shape index (κ3) is 3.68. The molecule has 3 heterocycles. The number of oxazole rings is 2. The molecule has 6 rings (SSSR count). The summed E-state index contributed by atoms with van der Waals surface area (Å²) in [5.41, 5.74) is 8.44. The van der Waals surface area contributed by atoms with Gasteiger partial charge in [-0.2, -0.15) is 5.26 Å². The highest BCUT2D eigenvalue weighted by Crippen LogP contribution is 2.38. The zero-order valence-electron chi connectivity index (χ0n) is 20.3. The first-order valence-electron chi connectivity index (χ1n) is 11.8. The van der Waals surface area contributed by atoms with Gasteiger partial charge in [0.05, 0.1) is 25.3 Å². The van der Waals surface area contributed by atoms with Crippen molar-refractivity contribution in [1.29, 1.82) is 5.26 Å². The van der Waals surface area contributed by atoms with Gasteiger partial charge >= 0.3 is 0 Å². The number of carbonyl (C=O) groups is 1. The summed E-state index contributed by atoms with van der Waals surface area (Å²) in [5.74, 6) is 1.69. The van der Waals surface area contributed by atoms with Gasteiger partial charge in [0.2, 0.25) is 18.2 Å². The maximum absolute atomic E-state index is 11.1. The number of aromatic nitrogens is 2. The SMILES string of the molecule is Cc1c(-c2nc3c(o2)CN(C=O)C3)cccc1-c1cccc(-c2nc3cc(CO)cc(C#N)c3o2)c1C. The number of fused-ring (bicyclic) bond motifs is 2. The molecule has 1 aliphatic rings. The third-order valence-corrected chi connectivity index (χ3v) is 6.90. The highest BCUT2D eigenvalue weighted by Gasteiger charge is 2.26. The highest BCUT2D eigenvalue weighted by molar-refractivity contribution is 5.85. The topological polar surface area (TPSA) is 116 Å². The second kappa shape index (κ2) is 8.73. The molecule has 0 spiro atoms. The number of nitriles is 1. The van der Waals surface area contributed by atoms with Crippen LogP contribution in [0.1, 0.15) is 33.7 Å². The molecule has 0 fully saturated rings. The lowest BCUT2D eigenvalue weighted by Gasteiger charge is -2.14. The molecule has 0 bridgehead atoms. The lowest BCUT2D eigenvalue weighted by Crippen LogP contribution is -2.13. The molecule has 37 heavy (non-hydrogen) atoms. The average molecular weight is 491 g/mol. The van der Waals surface area contributed by atoms with E-state index in [0.29, 0.717) is 47.1 Å². The first-order chi connectivity index (χ1) is 18.0. The summed E-state index contributed by atoms with van der Waals surface area (Å²) in [6, 6.07) is 17.5. The second-order valence-corrected chi connectivity index (χ2v) is 9.14. The van der Waals surface area contributed by atoms with E-state index in [0.717, 1.165) is 51.2 Å². The molecule has 1 aliphatic heterocycles. The summed E-state index contributed by atoms with van der Waals surface area (Å²) in [4.78, 5) is 22.0. The number of hydrogen-bond donors (Lipinski definition) is 1. The van der Waals surface area contributed by atoms with Crippen molar-refractivity contribution in [2.45, 2.75) is 33.5 Å². The molecule has 0 atom stereocenters. The first-order valence-corrected chi connectivity index (χ1v) is 11.8. The van der Waals surface area contributed by atoms with Crippen LogP contribution in [0.4, 0.5) is 0 Å². The number of aliphatic hydroxyl groups excluding tert-OH is 1. The molecule has 1 amide bonds. The van der Waals surface area contributed by atoms with Crippen molar-refractivity contribution in [2.24, 2.45) is 0 Å². The number of benzene rings is 3. The van der Waals surface area contributed by atoms with E-state index in [9.17, 15) is 15.2 Å². The van der Waals surface area contributed by atoms with Crippen LogP contribution in [0.5, 0.6) is 0 Å². The maximum Gasteiger partial charge on any atom is 0.227 e. The van der Waals surface area contributed by atoms with Crippen molar-refractivity contribution in [3.05, 3.63) is 82.2 Å². The summed E-state index contributed by atoms with van der Waals surface area (Å²) in [5, 5.41) is 19.1. The summed E-state index contributed by atoms with van der Waals surface area (Å²) in [6.07, 6.45) is 0.808. The van der Waals surface area contributed by atoms with E-state index in [1.807, 2.05) is 38.1 Å². The molecule has 1 N–H and O–H groups in total. The molecule has 5 aromatic rings. The Labute approximate surface area is 212 Å². The molecule has 2 aromatic heterocycles. The summed E-state index contributed by atoms with van der Waals surface area (Å²) >= 11 is 0. The van der Waals surface area contributed by atoms with Crippen molar-refractivity contribution >= 4 is 17.5 Å². The Morgan fingerprint density at radius 2 is 1.62 bits per heavy atom. The molecule has 3 aromatic carbocycles. The Bertz CT molecular complexity index is 1720. The van der Waals surface area contributed by atoms with E-state index < -0.39 is 0 Å². The molecular weight excluding hydrogens is 468 g/mol. The quantitative estimate of drug-likeness (QED) is 0.334. The molecular formula is C29H22N4O4. The fraction of sp³-hybridized carbons (Fsp3) is 0.172. The van der Waals surface area contributed by atoms with Gasteiger partial charge in [-0.1, -0.05) is 24.3 Å². The van der Waals surface area contributed by atoms with Crippen molar-refractivity contribution in [2.75, 3.05) is 0 Å². The summed E-state index contributed by atoms with van der Waals surface area (Å²) in [6.45, 7) is 4.77. The number of hydrogen-bond acceptors (Lipinski definition) is 7. The minimum absolute atomic E-state index is 0.181. The Morgan fingerprint density at radius 1 is 0.973 bits per heavy atom. The van der Waals surface area contributed by atoms with Crippen LogP contribution in [0.3, 0.4) is 0 Å². The second-order valence-electron chi connectivity index (χ2n) is 9.14. The average Bonchev–Trinajstić information content (AvgIpc) is 3.61. The third-order valence-electron chi connectivity index (χ3n) is 6.90. The predicted octanol–water partition coefficient (Wildman–Crippen LogP) is 5.27. The fourth-order valence-corrected chi connectivity index (χ4v) is 4.95. The first kappa shape index (κ1) is 22.7. The van der Waals surface area contributed by atoms with Crippen LogP contribution in [0.15, 0.2) is 57.4 Å². The van der Waals surface area contributed by atoms with Crippen LogP contribution in [0.2, 0.25) is 0 Å². The lowest BCUT2D eigenvalue weighted by molar-refractivity contribution is -0.118. The van der Waals surface area contributed by atoms with Gasteiger partial charge in [-0.25, -0.2) is 9.97 Å². The monoisotopic (exact) mass is 490 g/mol. The minimum atomic E-state index is -0.181. The van der Waals surface area contributed by atoms with Gasteiger partial charge < -0.3 is 18.8 Å². The number of amides is 1. The van der Waals surface area contributed by atoms with Crippen LogP contribution in [0.25, 0.3) is 45.1 Å². The van der Waals surface area contributed by atoms with E-state index >= 15 is 0 Å². The molecule has 0 radical (unpaired) electrons. The smallest absolute Gasteiger partial charge is 0.227 e. The van der Waals surface area contributed by atoms with Gasteiger partial charge in [0.25, 0.3) is 0 Å². The van der Waals surface area contributed by atoms with Crippen molar-refractivity contribution in [3.63, 3.8) is 0 Å². The van der Waals surface area contributed by atoms with E-state index in [1.54, 1.807) is 17.0 Å². The highest BCUT2D eigenvalue weighted by atomic mass is 16.4. The fourth-order valence-electron chi connectivity index (χ4n) is 4.95. The van der Waals surface area contributed by atoms with Gasteiger partial charge in [0, 0.05) is 11.1 Å². The Kier molecular flexibility index (Phi) is 5.36. The van der Waals surface area contributed by atoms with Gasteiger partial charge in [-0.3, -0.25) is 4.79 Å². The Morgan fingerprint density at radius 3 is 2.22 bits per heavy atom. The molecule has 8 nitrogen and oxygen atoms in total. The van der Waals surface area contributed by atoms with E-state index in [4.69, 9.17) is 8.83 Å². The van der Waals surface area contributed by atoms with E-state index in [2.05, 4.69) is 28.2 Å². The van der Waals surface area contributed by atoms with E-state index in [1.165, 1.54) is 0 Å². The number of carbonyl (C=O) groups excluding carboxylic acids is 1. The Balaban J connectivity index is 1.43. The van der Waals surface area contributed by atoms with Gasteiger partial charge in [0.1, 0.15) is 23.0 Å². The molecule has 8 heteroatoms. The summed E-state index contributed by atoms with van der Waals surface area (Å²) < 4.78 is 12.1. The van der Waals surface area contributed by atoms with Crippen LogP contribution >= 0.6 is 0 Å². The van der Waals surface area contributed by atoms with Crippen LogP contribution in [0, 0.1) is 25.2 Å². The summed E-state index contributed by atoms with van der Waals surface area (Å²) in [7, 11) is 0. The normalized spacial score (nSPS) is 12.6. The largest absolute Gasteiger partial charge is 0.439 e. The molecule has 0 saturated heterocycles. The van der Waals surface area contributed by atoms with Crippen molar-refractivity contribution in [3.8, 4) is 40.1 Å². The zero-order valence-corrected chi connectivity index (χ0v) is 20.3. The lowest BCUT2D eigenvalue weighted by atomic mass is 9.91. The molecule has 0 unspecified atom stereocenters.